The molecule has 45 heavy (non-hydrogen) atoms. The Morgan fingerprint density at radius 2 is 1.58 bits per heavy atom. The van der Waals surface area contributed by atoms with Crippen molar-refractivity contribution in [3.05, 3.63) is 129 Å². The summed E-state index contributed by atoms with van der Waals surface area (Å²) in [6, 6.07) is 27.0. The molecule has 2 N–H and O–H groups in total. The van der Waals surface area contributed by atoms with Gasteiger partial charge in [0.05, 0.1) is 17.1 Å². The van der Waals surface area contributed by atoms with Crippen molar-refractivity contribution in [2.75, 3.05) is 33.3 Å². The van der Waals surface area contributed by atoms with Crippen molar-refractivity contribution in [1.29, 1.82) is 0 Å². The van der Waals surface area contributed by atoms with Crippen LogP contribution in [0.1, 0.15) is 56.8 Å². The highest BCUT2D eigenvalue weighted by Crippen LogP contribution is 2.41. The van der Waals surface area contributed by atoms with Crippen molar-refractivity contribution in [2.24, 2.45) is 0 Å². The summed E-state index contributed by atoms with van der Waals surface area (Å²) in [6.45, 7) is 3.00. The molecule has 5 rings (SSSR count). The number of non-ortho nitro benzene ring substituents is 1. The molecule has 0 unspecified atom stereocenters. The van der Waals surface area contributed by atoms with Crippen molar-refractivity contribution in [3.8, 4) is 11.1 Å². The number of aromatic nitrogens is 1. The van der Waals surface area contributed by atoms with E-state index in [1.165, 1.54) is 42.5 Å². The minimum absolute atomic E-state index is 0.0325. The van der Waals surface area contributed by atoms with Gasteiger partial charge in [0.15, 0.2) is 0 Å². The van der Waals surface area contributed by atoms with E-state index in [1.54, 1.807) is 0 Å². The summed E-state index contributed by atoms with van der Waals surface area (Å²) in [6.07, 6.45) is 3.86. The molecule has 232 valence electrons. The summed E-state index contributed by atoms with van der Waals surface area (Å²) in [5, 5.41) is 23.9. The van der Waals surface area contributed by atoms with E-state index < -0.39 is 16.8 Å². The van der Waals surface area contributed by atoms with E-state index in [1.807, 2.05) is 0 Å². The number of benzene rings is 3. The van der Waals surface area contributed by atoms with Crippen LogP contribution in [0.5, 0.6) is 0 Å². The topological polar surface area (TPSA) is 135 Å². The average Bonchev–Trinajstić information content (AvgIpc) is 3.07. The first kappa shape index (κ1) is 31.5. The van der Waals surface area contributed by atoms with Crippen LogP contribution in [-0.4, -0.2) is 65.1 Å². The van der Waals surface area contributed by atoms with E-state index in [0.29, 0.717) is 12.1 Å². The molecule has 1 aliphatic rings. The van der Waals surface area contributed by atoms with E-state index in [-0.39, 0.29) is 40.1 Å². The van der Waals surface area contributed by atoms with Crippen molar-refractivity contribution in [3.63, 3.8) is 0 Å². The molecule has 1 fully saturated rings. The molecule has 1 saturated heterocycles. The molecule has 10 heteroatoms. The van der Waals surface area contributed by atoms with E-state index >= 15 is 0 Å². The predicted molar refractivity (Wildman–Crippen MR) is 170 cm³/mol. The normalized spacial score (nSPS) is 14.5. The third-order valence-corrected chi connectivity index (χ3v) is 8.59. The minimum Gasteiger partial charge on any atom is -0.478 e. The second kappa shape index (κ2) is 14.2. The molecular formula is C35H36N4O6. The Hall–Kier alpha value is -4.93. The molecule has 1 aromatic heterocycles. The number of carbonyl (C=O) groups is 2. The SMILES string of the molecule is COCc1c(C(=O)O)cnc(C(=O)NCCCN2CCC(c3ccccc3)(c3ccccc3)CC2)c1-c1ccc([N+](=O)[O-])cc1. The van der Waals surface area contributed by atoms with Gasteiger partial charge in [-0.2, -0.15) is 0 Å². The van der Waals surface area contributed by atoms with E-state index in [4.69, 9.17) is 4.74 Å². The van der Waals surface area contributed by atoms with Crippen LogP contribution >= 0.6 is 0 Å². The summed E-state index contributed by atoms with van der Waals surface area (Å²) >= 11 is 0. The number of piperidine rings is 1. The number of hydrogen-bond donors (Lipinski definition) is 2. The van der Waals surface area contributed by atoms with Gasteiger partial charge in [0, 0.05) is 48.5 Å². The maximum Gasteiger partial charge on any atom is 0.337 e. The Morgan fingerprint density at radius 3 is 2.11 bits per heavy atom. The smallest absolute Gasteiger partial charge is 0.337 e. The fraction of sp³-hybridized carbons (Fsp3) is 0.286. The maximum atomic E-state index is 13.4. The number of nitrogens with one attached hydrogen (secondary N) is 1. The lowest BCUT2D eigenvalue weighted by Gasteiger charge is -2.43. The van der Waals surface area contributed by atoms with E-state index in [2.05, 4.69) is 75.9 Å². The second-order valence-corrected chi connectivity index (χ2v) is 11.2. The van der Waals surface area contributed by atoms with Gasteiger partial charge in [0.1, 0.15) is 5.69 Å². The van der Waals surface area contributed by atoms with Crippen LogP contribution in [0.2, 0.25) is 0 Å². The number of carbonyl (C=O) groups excluding carboxylic acids is 1. The van der Waals surface area contributed by atoms with Crippen LogP contribution < -0.4 is 5.32 Å². The zero-order valence-electron chi connectivity index (χ0n) is 25.1. The number of rotatable bonds is 12. The number of nitrogens with zero attached hydrogens (tertiary/aromatic N) is 3. The molecule has 2 heterocycles. The molecule has 0 saturated carbocycles. The highest BCUT2D eigenvalue weighted by atomic mass is 16.6. The van der Waals surface area contributed by atoms with Crippen LogP contribution in [-0.2, 0) is 16.8 Å². The Bertz CT molecular complexity index is 1600. The number of hydrogen-bond acceptors (Lipinski definition) is 7. The van der Waals surface area contributed by atoms with Gasteiger partial charge < -0.3 is 20.1 Å². The van der Waals surface area contributed by atoms with Gasteiger partial charge in [-0.25, -0.2) is 9.78 Å². The van der Waals surface area contributed by atoms with Crippen molar-refractivity contribution in [1.82, 2.24) is 15.2 Å². The van der Waals surface area contributed by atoms with Crippen molar-refractivity contribution >= 4 is 17.6 Å². The predicted octanol–water partition coefficient (Wildman–Crippen LogP) is 5.70. The molecule has 1 amide bonds. The number of pyridine rings is 1. The van der Waals surface area contributed by atoms with Gasteiger partial charge >= 0.3 is 5.97 Å². The minimum atomic E-state index is -1.21. The first-order valence-corrected chi connectivity index (χ1v) is 14.9. The monoisotopic (exact) mass is 608 g/mol. The van der Waals surface area contributed by atoms with Crippen LogP contribution in [0, 0.1) is 10.1 Å². The molecule has 0 radical (unpaired) electrons. The molecule has 0 aliphatic carbocycles. The molecule has 0 atom stereocenters. The number of carboxylic acid groups (broad SMARTS) is 1. The van der Waals surface area contributed by atoms with Crippen molar-refractivity contribution < 1.29 is 24.4 Å². The van der Waals surface area contributed by atoms with Crippen LogP contribution in [0.3, 0.4) is 0 Å². The van der Waals surface area contributed by atoms with Gasteiger partial charge in [-0.05, 0) is 67.7 Å². The average molecular weight is 609 g/mol. The Kier molecular flexibility index (Phi) is 9.96. The Morgan fingerprint density at radius 1 is 0.978 bits per heavy atom. The Labute approximate surface area is 261 Å². The van der Waals surface area contributed by atoms with E-state index in [9.17, 15) is 24.8 Å². The first-order chi connectivity index (χ1) is 21.8. The van der Waals surface area contributed by atoms with Crippen molar-refractivity contribution in [2.45, 2.75) is 31.3 Å². The van der Waals surface area contributed by atoms with Gasteiger partial charge in [-0.15, -0.1) is 0 Å². The number of likely N-dealkylation sites (tertiary alicyclic amines) is 1. The first-order valence-electron chi connectivity index (χ1n) is 14.9. The molecule has 0 spiro atoms. The van der Waals surface area contributed by atoms with Gasteiger partial charge in [-0.1, -0.05) is 60.7 Å². The number of methoxy groups -OCH3 is 1. The maximum absolute atomic E-state index is 13.4. The largest absolute Gasteiger partial charge is 0.478 e. The zero-order valence-corrected chi connectivity index (χ0v) is 25.1. The number of carboxylic acids is 1. The highest BCUT2D eigenvalue weighted by molar-refractivity contribution is 6.02. The summed E-state index contributed by atoms with van der Waals surface area (Å²) in [7, 11) is 1.43. The fourth-order valence-electron chi connectivity index (χ4n) is 6.27. The molecule has 3 aromatic carbocycles. The van der Waals surface area contributed by atoms with E-state index in [0.717, 1.165) is 45.1 Å². The van der Waals surface area contributed by atoms with Gasteiger partial charge in [0.2, 0.25) is 0 Å². The quantitative estimate of drug-likeness (QED) is 0.119. The summed E-state index contributed by atoms with van der Waals surface area (Å²) in [4.78, 5) is 42.7. The second-order valence-electron chi connectivity index (χ2n) is 11.2. The number of ether oxygens (including phenoxy) is 1. The lowest BCUT2D eigenvalue weighted by atomic mass is 9.68. The zero-order chi connectivity index (χ0) is 31.8. The summed E-state index contributed by atoms with van der Waals surface area (Å²) in [5.74, 6) is -1.67. The van der Waals surface area contributed by atoms with Crippen LogP contribution in [0.25, 0.3) is 11.1 Å². The number of nitro groups is 1. The summed E-state index contributed by atoms with van der Waals surface area (Å²) in [5.41, 5.74) is 3.43. The number of aromatic carboxylic acids is 1. The third kappa shape index (κ3) is 6.92. The van der Waals surface area contributed by atoms with Crippen LogP contribution in [0.15, 0.2) is 91.1 Å². The Balaban J connectivity index is 1.26. The lowest BCUT2D eigenvalue weighted by Crippen LogP contribution is -2.44. The van der Waals surface area contributed by atoms with Gasteiger partial charge in [-0.3, -0.25) is 14.9 Å². The summed E-state index contributed by atoms with van der Waals surface area (Å²) < 4.78 is 5.28. The highest BCUT2D eigenvalue weighted by Gasteiger charge is 2.37. The number of nitro benzene ring substituents is 1. The lowest BCUT2D eigenvalue weighted by molar-refractivity contribution is -0.384. The van der Waals surface area contributed by atoms with Crippen LogP contribution in [0.4, 0.5) is 5.69 Å². The molecule has 4 aromatic rings. The molecule has 10 nitrogen and oxygen atoms in total. The van der Waals surface area contributed by atoms with Gasteiger partial charge in [0.25, 0.3) is 11.6 Å². The third-order valence-electron chi connectivity index (χ3n) is 8.59. The standard InChI is InChI=1S/C35H36N4O6/c1-45-24-30-29(34(41)42)23-37-32(31(30)25-13-15-28(16-14-25)39(43)44)33(40)36-19-8-20-38-21-17-35(18-22-38,26-9-4-2-5-10-26)27-11-6-3-7-12-27/h2-7,9-16,23H,8,17-22,24H2,1H3,(H,36,40)(H,41,42). The number of amides is 1. The fourth-order valence-corrected chi connectivity index (χ4v) is 6.27. The molecular weight excluding hydrogens is 572 g/mol. The molecule has 1 aliphatic heterocycles. The molecule has 0 bridgehead atoms.